The molecule has 0 radical (unpaired) electrons. The van der Waals surface area contributed by atoms with Gasteiger partial charge in [0.2, 0.25) is 0 Å². The molecule has 35 heavy (non-hydrogen) atoms. The Morgan fingerprint density at radius 2 is 2.03 bits per heavy atom. The van der Waals surface area contributed by atoms with Gasteiger partial charge in [-0.1, -0.05) is 5.21 Å². The van der Waals surface area contributed by atoms with Crippen LogP contribution < -0.4 is 14.4 Å². The Kier molecular flexibility index (Phi) is 6.47. The minimum Gasteiger partial charge on any atom is -0.489 e. The van der Waals surface area contributed by atoms with Crippen molar-refractivity contribution in [2.24, 2.45) is 13.0 Å². The van der Waals surface area contributed by atoms with Crippen molar-refractivity contribution in [1.82, 2.24) is 29.9 Å². The van der Waals surface area contributed by atoms with E-state index in [1.807, 2.05) is 25.1 Å². The molecular formula is C24H29N7O4. The smallest absolute Gasteiger partial charge is 0.318 e. The predicted octanol–water partition coefficient (Wildman–Crippen LogP) is 2.79. The highest BCUT2D eigenvalue weighted by Gasteiger charge is 2.28. The maximum absolute atomic E-state index is 11.4. The van der Waals surface area contributed by atoms with Gasteiger partial charge in [0, 0.05) is 26.3 Å². The van der Waals surface area contributed by atoms with Crippen LogP contribution in [-0.2, 0) is 18.4 Å². The first-order valence-electron chi connectivity index (χ1n) is 11.9. The second-order valence-electron chi connectivity index (χ2n) is 9.06. The second kappa shape index (κ2) is 9.85. The molecule has 11 nitrogen and oxygen atoms in total. The first-order chi connectivity index (χ1) is 17.0. The summed E-state index contributed by atoms with van der Waals surface area (Å²) in [6, 6.07) is 5.89. The van der Waals surface area contributed by atoms with Gasteiger partial charge >= 0.3 is 12.0 Å². The number of aryl methyl sites for hydroxylation is 2. The Morgan fingerprint density at radius 1 is 1.17 bits per heavy atom. The van der Waals surface area contributed by atoms with E-state index < -0.39 is 5.97 Å². The molecule has 5 rings (SSSR count). The molecule has 4 heterocycles. The van der Waals surface area contributed by atoms with Crippen LogP contribution in [0.5, 0.6) is 11.8 Å². The molecule has 1 saturated heterocycles. The normalized spacial score (nSPS) is 19.8. The number of carbonyl (C=O) groups is 1. The third kappa shape index (κ3) is 5.03. The molecule has 184 valence electrons. The molecule has 0 amide bonds. The molecule has 3 aromatic heterocycles. The SMILES string of the molecule is Cc1nc(-c2nnn(C)c2COc2nccc(N3CCC3)n2)ccc1O[C@H]1CCC[C@H](C(=O)O)C1. The summed E-state index contributed by atoms with van der Waals surface area (Å²) in [7, 11) is 1.80. The first kappa shape index (κ1) is 23.0. The van der Waals surface area contributed by atoms with E-state index in [0.717, 1.165) is 37.4 Å². The van der Waals surface area contributed by atoms with E-state index in [1.54, 1.807) is 17.9 Å². The molecule has 2 aliphatic rings. The van der Waals surface area contributed by atoms with E-state index in [1.165, 1.54) is 6.42 Å². The van der Waals surface area contributed by atoms with Gasteiger partial charge in [0.1, 0.15) is 29.6 Å². The van der Waals surface area contributed by atoms with E-state index in [9.17, 15) is 9.90 Å². The number of ether oxygens (including phenoxy) is 2. The molecular weight excluding hydrogens is 450 g/mol. The predicted molar refractivity (Wildman–Crippen MR) is 126 cm³/mol. The minimum absolute atomic E-state index is 0.122. The summed E-state index contributed by atoms with van der Waals surface area (Å²) in [4.78, 5) is 27.0. The van der Waals surface area contributed by atoms with Crippen molar-refractivity contribution in [3.63, 3.8) is 0 Å². The Balaban J connectivity index is 1.28. The second-order valence-corrected chi connectivity index (χ2v) is 9.06. The number of hydrogen-bond donors (Lipinski definition) is 1. The zero-order valence-electron chi connectivity index (χ0n) is 19.9. The molecule has 3 aromatic rings. The standard InChI is InChI=1S/C24H29N7O4/c1-15-20(35-17-6-3-5-16(13-17)23(32)33)8-7-18(26-15)22-19(30(2)29-28-22)14-34-24-25-10-9-21(27-24)31-11-4-12-31/h7-10,16-17H,3-6,11-14H2,1-2H3,(H,32,33)/t16-,17-/m0/s1. The summed E-state index contributed by atoms with van der Waals surface area (Å²) < 4.78 is 13.7. The fraction of sp³-hybridized carbons (Fsp3) is 0.500. The number of aliphatic carboxylic acids is 1. The van der Waals surface area contributed by atoms with Gasteiger partial charge in [0.15, 0.2) is 0 Å². The first-order valence-corrected chi connectivity index (χ1v) is 11.9. The highest BCUT2D eigenvalue weighted by molar-refractivity contribution is 5.70. The van der Waals surface area contributed by atoms with Crippen LogP contribution in [0, 0.1) is 12.8 Å². The highest BCUT2D eigenvalue weighted by Crippen LogP contribution is 2.30. The van der Waals surface area contributed by atoms with E-state index in [4.69, 9.17) is 14.5 Å². The van der Waals surface area contributed by atoms with Crippen LogP contribution in [0.1, 0.15) is 43.5 Å². The molecule has 1 saturated carbocycles. The molecule has 11 heteroatoms. The summed E-state index contributed by atoms with van der Waals surface area (Å²) >= 11 is 0. The average molecular weight is 480 g/mol. The molecule has 1 N–H and O–H groups in total. The van der Waals surface area contributed by atoms with Crippen molar-refractivity contribution in [2.75, 3.05) is 18.0 Å². The van der Waals surface area contributed by atoms with Crippen molar-refractivity contribution in [3.05, 3.63) is 35.8 Å². The van der Waals surface area contributed by atoms with E-state index >= 15 is 0 Å². The van der Waals surface area contributed by atoms with Gasteiger partial charge in [0.05, 0.1) is 23.4 Å². The number of hydrogen-bond acceptors (Lipinski definition) is 9. The van der Waals surface area contributed by atoms with Crippen molar-refractivity contribution >= 4 is 11.8 Å². The van der Waals surface area contributed by atoms with Crippen molar-refractivity contribution in [1.29, 1.82) is 0 Å². The van der Waals surface area contributed by atoms with E-state index in [-0.39, 0.29) is 18.6 Å². The number of aromatic nitrogens is 6. The van der Waals surface area contributed by atoms with Crippen LogP contribution in [0.2, 0.25) is 0 Å². The monoisotopic (exact) mass is 479 g/mol. The number of pyridine rings is 1. The molecule has 0 bridgehead atoms. The Morgan fingerprint density at radius 3 is 2.77 bits per heavy atom. The zero-order chi connectivity index (χ0) is 24.4. The van der Waals surface area contributed by atoms with Gasteiger partial charge < -0.3 is 19.5 Å². The molecule has 1 aliphatic heterocycles. The number of carboxylic acids is 1. The number of rotatable bonds is 8. The molecule has 1 aliphatic carbocycles. The molecule has 0 aromatic carbocycles. The third-order valence-corrected chi connectivity index (χ3v) is 6.63. The Bertz CT molecular complexity index is 1210. The Labute approximate surface area is 203 Å². The van der Waals surface area contributed by atoms with Gasteiger partial charge in [-0.2, -0.15) is 4.98 Å². The van der Waals surface area contributed by atoms with Crippen molar-refractivity contribution < 1.29 is 19.4 Å². The van der Waals surface area contributed by atoms with Crippen LogP contribution in [0.25, 0.3) is 11.4 Å². The average Bonchev–Trinajstić information content (AvgIpc) is 3.18. The fourth-order valence-electron chi connectivity index (χ4n) is 4.45. The van der Waals surface area contributed by atoms with Gasteiger partial charge in [-0.05, 0) is 57.2 Å². The molecule has 0 spiro atoms. The molecule has 2 atom stereocenters. The lowest BCUT2D eigenvalue weighted by molar-refractivity contribution is -0.143. The summed E-state index contributed by atoms with van der Waals surface area (Å²) in [5, 5.41) is 17.8. The quantitative estimate of drug-likeness (QED) is 0.515. The number of anilines is 1. The van der Waals surface area contributed by atoms with Crippen molar-refractivity contribution in [3.8, 4) is 23.1 Å². The minimum atomic E-state index is -0.751. The van der Waals surface area contributed by atoms with Crippen LogP contribution in [0.15, 0.2) is 24.4 Å². The summed E-state index contributed by atoms with van der Waals surface area (Å²) in [6.07, 6.45) is 5.66. The van der Waals surface area contributed by atoms with Crippen LogP contribution in [-0.4, -0.2) is 60.2 Å². The maximum Gasteiger partial charge on any atom is 0.318 e. The molecule has 0 unspecified atom stereocenters. The van der Waals surface area contributed by atoms with Crippen molar-refractivity contribution in [2.45, 2.75) is 51.7 Å². The maximum atomic E-state index is 11.4. The Hall–Kier alpha value is -3.76. The lowest BCUT2D eigenvalue weighted by atomic mass is 9.87. The third-order valence-electron chi connectivity index (χ3n) is 6.63. The topological polar surface area (TPSA) is 128 Å². The summed E-state index contributed by atoms with van der Waals surface area (Å²) in [5.41, 5.74) is 2.73. The number of carboxylic acid groups (broad SMARTS) is 1. The van der Waals surface area contributed by atoms with Gasteiger partial charge in [-0.25, -0.2) is 14.6 Å². The van der Waals surface area contributed by atoms with Crippen LogP contribution in [0.3, 0.4) is 0 Å². The highest BCUT2D eigenvalue weighted by atomic mass is 16.5. The lowest BCUT2D eigenvalue weighted by Crippen LogP contribution is -2.37. The summed E-state index contributed by atoms with van der Waals surface area (Å²) in [5.74, 6) is 0.422. The van der Waals surface area contributed by atoms with Gasteiger partial charge in [0.25, 0.3) is 0 Å². The number of nitrogens with zero attached hydrogens (tertiary/aromatic N) is 7. The van der Waals surface area contributed by atoms with E-state index in [2.05, 4.69) is 25.2 Å². The van der Waals surface area contributed by atoms with Crippen LogP contribution in [0.4, 0.5) is 5.82 Å². The zero-order valence-corrected chi connectivity index (χ0v) is 19.9. The molecule has 2 fully saturated rings. The van der Waals surface area contributed by atoms with Gasteiger partial charge in [-0.15, -0.1) is 5.10 Å². The lowest BCUT2D eigenvalue weighted by Gasteiger charge is -2.31. The van der Waals surface area contributed by atoms with E-state index in [0.29, 0.717) is 41.7 Å². The largest absolute Gasteiger partial charge is 0.489 e. The fourth-order valence-corrected chi connectivity index (χ4v) is 4.45. The van der Waals surface area contributed by atoms with Crippen LogP contribution >= 0.6 is 0 Å². The van der Waals surface area contributed by atoms with Gasteiger partial charge in [-0.3, -0.25) is 4.79 Å². The summed E-state index contributed by atoms with van der Waals surface area (Å²) in [6.45, 7) is 4.06.